The second-order valence-electron chi connectivity index (χ2n) is 3.45. The van der Waals surface area contributed by atoms with Gasteiger partial charge in [0.05, 0.1) is 6.61 Å². The topological polar surface area (TPSA) is 61.3 Å². The fourth-order valence-electron chi connectivity index (χ4n) is 2.03. The van der Waals surface area contributed by atoms with Crippen LogP contribution in [0, 0.1) is 11.8 Å². The van der Waals surface area contributed by atoms with Crippen LogP contribution < -0.4 is 11.5 Å². The van der Waals surface area contributed by atoms with Crippen LogP contribution in [0.2, 0.25) is 0 Å². The van der Waals surface area contributed by atoms with Gasteiger partial charge in [0, 0.05) is 12.0 Å². The number of hydrogen-bond donors (Lipinski definition) is 2. The Morgan fingerprint density at radius 2 is 1.90 bits per heavy atom. The highest BCUT2D eigenvalue weighted by Crippen LogP contribution is 2.36. The third kappa shape index (κ3) is 0.856. The second kappa shape index (κ2) is 2.19. The summed E-state index contributed by atoms with van der Waals surface area (Å²) in [5, 5.41) is 0. The van der Waals surface area contributed by atoms with Crippen LogP contribution in [0.15, 0.2) is 0 Å². The van der Waals surface area contributed by atoms with E-state index in [-0.39, 0.29) is 6.23 Å². The molecule has 2 aliphatic rings. The van der Waals surface area contributed by atoms with Gasteiger partial charge in [0.2, 0.25) is 0 Å². The minimum atomic E-state index is -0.0372. The molecule has 58 valence electrons. The molecule has 3 heteroatoms. The maximum atomic E-state index is 5.85. The Morgan fingerprint density at radius 3 is 2.60 bits per heavy atom. The molecular formula is C7H14N2O. The molecule has 4 N–H and O–H groups in total. The van der Waals surface area contributed by atoms with Crippen molar-refractivity contribution in [3.8, 4) is 0 Å². The van der Waals surface area contributed by atoms with E-state index in [1.54, 1.807) is 0 Å². The van der Waals surface area contributed by atoms with Crippen molar-refractivity contribution in [2.24, 2.45) is 23.3 Å². The number of hydrogen-bond acceptors (Lipinski definition) is 3. The van der Waals surface area contributed by atoms with Crippen molar-refractivity contribution in [3.63, 3.8) is 0 Å². The van der Waals surface area contributed by atoms with E-state index in [0.717, 1.165) is 13.0 Å². The summed E-state index contributed by atoms with van der Waals surface area (Å²) in [4.78, 5) is 0. The van der Waals surface area contributed by atoms with Crippen LogP contribution in [0.4, 0.5) is 0 Å². The molecule has 1 aliphatic heterocycles. The summed E-state index contributed by atoms with van der Waals surface area (Å²) in [6, 6.07) is 0.346. The zero-order valence-corrected chi connectivity index (χ0v) is 5.99. The van der Waals surface area contributed by atoms with Gasteiger partial charge in [-0.05, 0) is 18.8 Å². The average Bonchev–Trinajstić information content (AvgIpc) is 2.21. The zero-order chi connectivity index (χ0) is 7.14. The van der Waals surface area contributed by atoms with Crippen LogP contribution in [0.3, 0.4) is 0 Å². The highest BCUT2D eigenvalue weighted by Gasteiger charge is 2.39. The van der Waals surface area contributed by atoms with Gasteiger partial charge in [-0.15, -0.1) is 0 Å². The summed E-state index contributed by atoms with van der Waals surface area (Å²) in [6.45, 7) is 0.777. The van der Waals surface area contributed by atoms with Gasteiger partial charge in [0.25, 0.3) is 0 Å². The van der Waals surface area contributed by atoms with Crippen molar-refractivity contribution in [3.05, 3.63) is 0 Å². The number of rotatable bonds is 0. The molecule has 0 spiro atoms. The Kier molecular flexibility index (Phi) is 1.44. The Bertz CT molecular complexity index is 138. The molecule has 2 fully saturated rings. The molecule has 4 unspecified atom stereocenters. The van der Waals surface area contributed by atoms with Crippen molar-refractivity contribution in [2.45, 2.75) is 25.1 Å². The highest BCUT2D eigenvalue weighted by atomic mass is 16.5. The minimum absolute atomic E-state index is 0.0372. The Labute approximate surface area is 60.7 Å². The Hall–Kier alpha value is -0.120. The fourth-order valence-corrected chi connectivity index (χ4v) is 2.03. The number of nitrogens with two attached hydrogens (primary N) is 2. The SMILES string of the molecule is NC1CC2CC1COC2N. The van der Waals surface area contributed by atoms with Crippen LogP contribution in [-0.4, -0.2) is 18.9 Å². The summed E-state index contributed by atoms with van der Waals surface area (Å²) < 4.78 is 5.33. The van der Waals surface area contributed by atoms with E-state index >= 15 is 0 Å². The molecule has 0 aromatic heterocycles. The van der Waals surface area contributed by atoms with E-state index in [1.807, 2.05) is 0 Å². The first-order chi connectivity index (χ1) is 4.77. The quantitative estimate of drug-likeness (QED) is 0.486. The molecule has 1 saturated carbocycles. The monoisotopic (exact) mass is 142 g/mol. The van der Waals surface area contributed by atoms with E-state index in [0.29, 0.717) is 17.9 Å². The van der Waals surface area contributed by atoms with Crippen LogP contribution in [-0.2, 0) is 4.74 Å². The number of fused-ring (bicyclic) bond motifs is 2. The summed E-state index contributed by atoms with van der Waals surface area (Å²) in [5.74, 6) is 1.12. The molecule has 3 nitrogen and oxygen atoms in total. The predicted molar refractivity (Wildman–Crippen MR) is 38.1 cm³/mol. The fraction of sp³-hybridized carbons (Fsp3) is 1.00. The van der Waals surface area contributed by atoms with E-state index in [2.05, 4.69) is 0 Å². The van der Waals surface area contributed by atoms with Crippen molar-refractivity contribution in [2.75, 3.05) is 6.61 Å². The van der Waals surface area contributed by atoms with Crippen LogP contribution in [0.1, 0.15) is 12.8 Å². The van der Waals surface area contributed by atoms with Gasteiger partial charge in [-0.3, -0.25) is 0 Å². The van der Waals surface area contributed by atoms with Gasteiger partial charge >= 0.3 is 0 Å². The molecule has 0 radical (unpaired) electrons. The smallest absolute Gasteiger partial charge is 0.108 e. The minimum Gasteiger partial charge on any atom is -0.363 e. The van der Waals surface area contributed by atoms with Gasteiger partial charge in [-0.25, -0.2) is 0 Å². The Morgan fingerprint density at radius 1 is 1.10 bits per heavy atom. The van der Waals surface area contributed by atoms with Gasteiger partial charge in [-0.1, -0.05) is 0 Å². The molecule has 2 bridgehead atoms. The molecule has 1 heterocycles. The lowest BCUT2D eigenvalue weighted by Crippen LogP contribution is -2.36. The van der Waals surface area contributed by atoms with Crippen molar-refractivity contribution < 1.29 is 4.74 Å². The standard InChI is InChI=1S/C7H14N2O/c8-6-2-4-1-5(6)3-10-7(4)9/h4-7H,1-3,8-9H2. The van der Waals surface area contributed by atoms with Crippen LogP contribution >= 0.6 is 0 Å². The third-order valence-corrected chi connectivity index (χ3v) is 2.75. The van der Waals surface area contributed by atoms with Gasteiger partial charge in [0.1, 0.15) is 6.23 Å². The summed E-state index contributed by atoms with van der Waals surface area (Å²) in [7, 11) is 0. The van der Waals surface area contributed by atoms with Crippen molar-refractivity contribution in [1.29, 1.82) is 0 Å². The first-order valence-electron chi connectivity index (χ1n) is 3.90. The maximum Gasteiger partial charge on any atom is 0.108 e. The van der Waals surface area contributed by atoms with Crippen molar-refractivity contribution >= 4 is 0 Å². The van der Waals surface area contributed by atoms with Gasteiger partial charge in [0.15, 0.2) is 0 Å². The molecular weight excluding hydrogens is 128 g/mol. The van der Waals surface area contributed by atoms with E-state index < -0.39 is 0 Å². The number of ether oxygens (including phenoxy) is 1. The van der Waals surface area contributed by atoms with Crippen molar-refractivity contribution in [1.82, 2.24) is 0 Å². The summed E-state index contributed by atoms with van der Waals surface area (Å²) in [6.07, 6.45) is 2.21. The molecule has 4 atom stereocenters. The van der Waals surface area contributed by atoms with Gasteiger partial charge in [-0.2, -0.15) is 0 Å². The lowest BCUT2D eigenvalue weighted by molar-refractivity contribution is -0.0257. The average molecular weight is 142 g/mol. The summed E-state index contributed by atoms with van der Waals surface area (Å²) in [5.41, 5.74) is 11.5. The first kappa shape index (κ1) is 6.58. The highest BCUT2D eigenvalue weighted by molar-refractivity contribution is 4.91. The third-order valence-electron chi connectivity index (χ3n) is 2.75. The second-order valence-corrected chi connectivity index (χ2v) is 3.45. The first-order valence-corrected chi connectivity index (χ1v) is 3.90. The molecule has 0 aromatic carbocycles. The summed E-state index contributed by atoms with van der Waals surface area (Å²) >= 11 is 0. The predicted octanol–water partition coefficient (Wildman–Crippen LogP) is -0.345. The largest absolute Gasteiger partial charge is 0.363 e. The lowest BCUT2D eigenvalue weighted by atomic mass is 10.0. The van der Waals surface area contributed by atoms with E-state index in [1.165, 1.54) is 6.42 Å². The molecule has 2 rings (SSSR count). The normalized spacial score (nSPS) is 53.4. The molecule has 0 amide bonds. The van der Waals surface area contributed by atoms with Crippen LogP contribution in [0.25, 0.3) is 0 Å². The maximum absolute atomic E-state index is 5.85. The lowest BCUT2D eigenvalue weighted by Gasteiger charge is -2.25. The zero-order valence-electron chi connectivity index (χ0n) is 5.99. The molecule has 0 aromatic rings. The van der Waals surface area contributed by atoms with Gasteiger partial charge < -0.3 is 16.2 Å². The van der Waals surface area contributed by atoms with E-state index in [4.69, 9.17) is 16.2 Å². The molecule has 10 heavy (non-hydrogen) atoms. The van der Waals surface area contributed by atoms with Crippen LogP contribution in [0.5, 0.6) is 0 Å². The van der Waals surface area contributed by atoms with E-state index in [9.17, 15) is 0 Å². The molecule has 1 saturated heterocycles. The molecule has 1 aliphatic carbocycles. The Balaban J connectivity index is 2.08.